The molecular formula is C20H24ClF3O3. The van der Waals surface area contributed by atoms with Gasteiger partial charge in [0.2, 0.25) is 5.85 Å². The Labute approximate surface area is 162 Å². The summed E-state index contributed by atoms with van der Waals surface area (Å²) >= 11 is 5.92. The number of rotatable bonds is 7. The quantitative estimate of drug-likeness (QED) is 0.540. The number of ether oxygens (including phenoxy) is 2. The van der Waals surface area contributed by atoms with Crippen LogP contribution in [-0.2, 0) is 14.3 Å². The van der Waals surface area contributed by atoms with Crippen LogP contribution in [0.25, 0.3) is 0 Å². The Morgan fingerprint density at radius 2 is 1.89 bits per heavy atom. The first-order valence-corrected chi connectivity index (χ1v) is 9.12. The number of halogens is 4. The van der Waals surface area contributed by atoms with Gasteiger partial charge in [-0.15, -0.1) is 0 Å². The highest BCUT2D eigenvalue weighted by Gasteiger charge is 2.31. The van der Waals surface area contributed by atoms with Crippen molar-refractivity contribution in [2.24, 2.45) is 0 Å². The van der Waals surface area contributed by atoms with Crippen LogP contribution in [0.4, 0.5) is 13.2 Å². The zero-order chi connectivity index (χ0) is 20.4. The molecule has 2 rings (SSSR count). The third kappa shape index (κ3) is 6.54. The Morgan fingerprint density at radius 1 is 1.22 bits per heavy atom. The van der Waals surface area contributed by atoms with E-state index in [2.05, 4.69) is 0 Å². The van der Waals surface area contributed by atoms with Crippen LogP contribution in [0, 0.1) is 0 Å². The first-order valence-electron chi connectivity index (χ1n) is 8.74. The van der Waals surface area contributed by atoms with Crippen molar-refractivity contribution < 1.29 is 27.4 Å². The molecule has 0 heterocycles. The van der Waals surface area contributed by atoms with E-state index in [0.717, 1.165) is 6.92 Å². The van der Waals surface area contributed by atoms with Crippen molar-refractivity contribution in [1.82, 2.24) is 0 Å². The topological polar surface area (TPSA) is 35.5 Å². The number of hydrogen-bond acceptors (Lipinski definition) is 3. The van der Waals surface area contributed by atoms with Gasteiger partial charge in [0.1, 0.15) is 12.4 Å². The van der Waals surface area contributed by atoms with Gasteiger partial charge in [0.05, 0.1) is 6.10 Å². The molecule has 0 aromatic heterocycles. The molecule has 0 saturated heterocycles. The van der Waals surface area contributed by atoms with Crippen molar-refractivity contribution in [2.45, 2.75) is 64.8 Å². The lowest BCUT2D eigenvalue weighted by molar-refractivity contribution is -0.142. The Balaban J connectivity index is 2.10. The zero-order valence-corrected chi connectivity index (χ0v) is 16.6. The van der Waals surface area contributed by atoms with Gasteiger partial charge in [0, 0.05) is 29.5 Å². The predicted octanol–water partition coefficient (Wildman–Crippen LogP) is 5.77. The van der Waals surface area contributed by atoms with E-state index in [9.17, 15) is 18.0 Å². The van der Waals surface area contributed by atoms with E-state index in [1.807, 2.05) is 0 Å². The summed E-state index contributed by atoms with van der Waals surface area (Å²) in [5.41, 5.74) is 0.849. The van der Waals surface area contributed by atoms with Crippen molar-refractivity contribution >= 4 is 17.4 Å². The highest BCUT2D eigenvalue weighted by Crippen LogP contribution is 2.36. The second kappa shape index (κ2) is 8.23. The largest absolute Gasteiger partial charge is 0.493 e. The highest BCUT2D eigenvalue weighted by molar-refractivity contribution is 6.30. The van der Waals surface area contributed by atoms with Gasteiger partial charge in [-0.05, 0) is 57.4 Å². The van der Waals surface area contributed by atoms with Crippen LogP contribution in [0.2, 0.25) is 0 Å². The Bertz CT molecular complexity index is 722. The first-order chi connectivity index (χ1) is 12.3. The van der Waals surface area contributed by atoms with Crippen LogP contribution in [0.1, 0.15) is 47.0 Å². The maximum Gasteiger partial charge on any atom is 0.271 e. The molecule has 150 valence electrons. The molecule has 0 bridgehead atoms. The van der Waals surface area contributed by atoms with Gasteiger partial charge >= 0.3 is 0 Å². The molecule has 1 atom stereocenters. The summed E-state index contributed by atoms with van der Waals surface area (Å²) in [5, 5.41) is 0.156. The third-order valence-corrected chi connectivity index (χ3v) is 4.54. The summed E-state index contributed by atoms with van der Waals surface area (Å²) in [7, 11) is 0. The average Bonchev–Trinajstić information content (AvgIpc) is 2.51. The number of alkyl halides is 3. The lowest BCUT2D eigenvalue weighted by Crippen LogP contribution is -2.27. The Morgan fingerprint density at radius 3 is 2.44 bits per heavy atom. The summed E-state index contributed by atoms with van der Waals surface area (Å²) in [5.74, 6) is -4.63. The number of carbonyl (C=O) groups is 1. The predicted molar refractivity (Wildman–Crippen MR) is 98.3 cm³/mol. The molecule has 0 fully saturated rings. The summed E-state index contributed by atoms with van der Waals surface area (Å²) in [4.78, 5) is 11.7. The SMILES string of the molecule is CC(=O)C1=CC(OC(C)(C)F)CC(OCC2=CC(C(C)(F)F)=C(Cl)CC2)=C1. The van der Waals surface area contributed by atoms with E-state index in [1.165, 1.54) is 26.8 Å². The van der Waals surface area contributed by atoms with Crippen LogP contribution in [0.5, 0.6) is 0 Å². The molecule has 0 N–H and O–H groups in total. The second-order valence-electron chi connectivity index (χ2n) is 7.31. The fourth-order valence-corrected chi connectivity index (χ4v) is 3.23. The average molecular weight is 405 g/mol. The monoisotopic (exact) mass is 404 g/mol. The van der Waals surface area contributed by atoms with Crippen molar-refractivity contribution in [3.63, 3.8) is 0 Å². The molecule has 2 aliphatic carbocycles. The lowest BCUT2D eigenvalue weighted by Gasteiger charge is -2.27. The number of carbonyl (C=O) groups excluding carboxylic acids is 1. The summed E-state index contributed by atoms with van der Waals surface area (Å²) in [6.07, 6.45) is 4.96. The minimum absolute atomic E-state index is 0.0898. The maximum atomic E-state index is 13.8. The molecule has 0 aromatic rings. The number of ketones is 1. The van der Waals surface area contributed by atoms with Crippen molar-refractivity contribution in [3.05, 3.63) is 45.7 Å². The third-order valence-electron chi connectivity index (χ3n) is 4.14. The van der Waals surface area contributed by atoms with E-state index < -0.39 is 17.9 Å². The van der Waals surface area contributed by atoms with Gasteiger partial charge in [0.15, 0.2) is 5.78 Å². The van der Waals surface area contributed by atoms with Gasteiger partial charge in [-0.1, -0.05) is 11.6 Å². The number of hydrogen-bond donors (Lipinski definition) is 0. The molecule has 0 aliphatic heterocycles. The van der Waals surface area contributed by atoms with Crippen LogP contribution in [-0.4, -0.2) is 30.3 Å². The van der Waals surface area contributed by atoms with E-state index in [4.69, 9.17) is 21.1 Å². The van der Waals surface area contributed by atoms with E-state index in [1.54, 1.807) is 12.2 Å². The standard InChI is InChI=1S/C20H24ClF3O3/c1-12(25)14-8-15(10-16(9-14)27-19(2,3)22)26-11-13-5-6-18(21)17(7-13)20(4,23)24/h7-9,16H,5-6,10-11H2,1-4H3. The molecule has 2 aliphatic rings. The smallest absolute Gasteiger partial charge is 0.271 e. The maximum absolute atomic E-state index is 13.8. The molecule has 27 heavy (non-hydrogen) atoms. The van der Waals surface area contributed by atoms with Gasteiger partial charge in [-0.25, -0.2) is 13.2 Å². The molecule has 7 heteroatoms. The van der Waals surface area contributed by atoms with Gasteiger partial charge in [-0.3, -0.25) is 4.79 Å². The van der Waals surface area contributed by atoms with Gasteiger partial charge in [-0.2, -0.15) is 0 Å². The second-order valence-corrected chi connectivity index (χ2v) is 7.77. The van der Waals surface area contributed by atoms with E-state index in [0.29, 0.717) is 29.7 Å². The normalized spacial score (nSPS) is 21.5. The summed E-state index contributed by atoms with van der Waals surface area (Å²) in [6.45, 7) is 4.85. The van der Waals surface area contributed by atoms with E-state index >= 15 is 0 Å². The minimum Gasteiger partial charge on any atom is -0.493 e. The van der Waals surface area contributed by atoms with Crippen molar-refractivity contribution in [2.75, 3.05) is 6.61 Å². The molecule has 3 nitrogen and oxygen atoms in total. The Kier molecular flexibility index (Phi) is 6.63. The zero-order valence-electron chi connectivity index (χ0n) is 15.9. The number of allylic oxidation sites excluding steroid dienone is 5. The van der Waals surface area contributed by atoms with Crippen LogP contribution in [0.3, 0.4) is 0 Å². The lowest BCUT2D eigenvalue weighted by atomic mass is 9.96. The molecule has 0 aromatic carbocycles. The molecule has 0 radical (unpaired) electrons. The fraction of sp³-hybridized carbons (Fsp3) is 0.550. The molecule has 0 saturated carbocycles. The van der Waals surface area contributed by atoms with Gasteiger partial charge in [0.25, 0.3) is 5.92 Å². The van der Waals surface area contributed by atoms with Crippen LogP contribution >= 0.6 is 11.6 Å². The van der Waals surface area contributed by atoms with Crippen molar-refractivity contribution in [1.29, 1.82) is 0 Å². The Hall–Kier alpha value is -1.53. The molecule has 1 unspecified atom stereocenters. The number of Topliss-reactive ketones (excluding diaryl/α,β-unsaturated/α-hetero) is 1. The highest BCUT2D eigenvalue weighted by atomic mass is 35.5. The van der Waals surface area contributed by atoms with Crippen molar-refractivity contribution in [3.8, 4) is 0 Å². The van der Waals surface area contributed by atoms with E-state index in [-0.39, 0.29) is 29.4 Å². The molecular weight excluding hydrogens is 381 g/mol. The minimum atomic E-state index is -3.02. The fourth-order valence-electron chi connectivity index (χ4n) is 2.92. The molecule has 0 spiro atoms. The molecule has 0 amide bonds. The summed E-state index contributed by atoms with van der Waals surface area (Å²) < 4.78 is 52.1. The first kappa shape index (κ1) is 21.8. The van der Waals surface area contributed by atoms with Crippen LogP contribution < -0.4 is 0 Å². The summed E-state index contributed by atoms with van der Waals surface area (Å²) in [6, 6.07) is 0. The van der Waals surface area contributed by atoms with Crippen LogP contribution in [0.15, 0.2) is 45.7 Å². The van der Waals surface area contributed by atoms with Gasteiger partial charge < -0.3 is 9.47 Å².